The molecule has 4 bridgehead atoms. The number of carbonyl (C=O) groups is 4. The minimum absolute atomic E-state index is 0. The van der Waals surface area contributed by atoms with Gasteiger partial charge in [0, 0.05) is 51.0 Å². The number of hydrogen-bond donors (Lipinski definition) is 0. The van der Waals surface area contributed by atoms with E-state index in [2.05, 4.69) is 20.0 Å². The van der Waals surface area contributed by atoms with Gasteiger partial charge in [-0.25, -0.2) is 0 Å². The maximum absolute atomic E-state index is 12.6. The van der Waals surface area contributed by atoms with Crippen molar-refractivity contribution < 1.29 is 124 Å². The van der Waals surface area contributed by atoms with Crippen LogP contribution in [0.1, 0.15) is 102 Å². The van der Waals surface area contributed by atoms with Gasteiger partial charge in [-0.15, -0.1) is 23.0 Å². The number of hydrogen-bond acceptors (Lipinski definition) is 14. The van der Waals surface area contributed by atoms with Crippen molar-refractivity contribution >= 4 is 48.0 Å². The van der Waals surface area contributed by atoms with Crippen LogP contribution in [0.2, 0.25) is 0 Å². The monoisotopic (exact) mass is 1130 g/mol. The van der Waals surface area contributed by atoms with E-state index in [1.54, 1.807) is 24.9 Å². The Kier molecular flexibility index (Phi) is 38.5. The van der Waals surface area contributed by atoms with Gasteiger partial charge in [-0.1, -0.05) is 63.5 Å². The van der Waals surface area contributed by atoms with Crippen molar-refractivity contribution in [3.8, 4) is 11.5 Å². The largest absolute Gasteiger partial charge is 3.00 e. The molecular formula is C44H54Er2N4O10. The topological polar surface area (TPSA) is 256 Å². The van der Waals surface area contributed by atoms with Crippen LogP contribution in [-0.4, -0.2) is 74.2 Å². The predicted octanol–water partition coefficient (Wildman–Crippen LogP) is 1.98. The molecule has 0 saturated heterocycles. The first kappa shape index (κ1) is 62.7. The summed E-state index contributed by atoms with van der Waals surface area (Å²) in [6.07, 6.45) is 12.2. The van der Waals surface area contributed by atoms with E-state index in [4.69, 9.17) is 0 Å². The zero-order valence-corrected chi connectivity index (χ0v) is 39.3. The van der Waals surface area contributed by atoms with Crippen LogP contribution < -0.4 is 30.6 Å². The number of ketones is 4. The molecule has 0 unspecified atom stereocenters. The molecule has 14 nitrogen and oxygen atoms in total. The molecule has 2 aromatic rings. The minimum atomic E-state index is -0.187. The van der Waals surface area contributed by atoms with Gasteiger partial charge in [0.2, 0.25) is 0 Å². The minimum Gasteiger partial charge on any atom is -0.876 e. The second-order valence-electron chi connectivity index (χ2n) is 12.9. The first-order valence-corrected chi connectivity index (χ1v) is 18.1. The number of aliphatic imine (C=N–C) groups is 4. The van der Waals surface area contributed by atoms with Crippen molar-refractivity contribution in [2.24, 2.45) is 20.0 Å². The quantitative estimate of drug-likeness (QED) is 0.318. The molecule has 0 fully saturated rings. The van der Waals surface area contributed by atoms with Crippen LogP contribution in [0.5, 0.6) is 11.5 Å². The summed E-state index contributed by atoms with van der Waals surface area (Å²) in [6, 6.07) is 7.36. The van der Waals surface area contributed by atoms with Crippen molar-refractivity contribution in [3.05, 3.63) is 105 Å². The van der Waals surface area contributed by atoms with Gasteiger partial charge in [0.25, 0.3) is 0 Å². The summed E-state index contributed by atoms with van der Waals surface area (Å²) in [5.41, 5.74) is 4.28. The zero-order valence-electron chi connectivity index (χ0n) is 35.6. The van der Waals surface area contributed by atoms with E-state index >= 15 is 0 Å². The Balaban J connectivity index is -0.000000425. The Morgan fingerprint density at radius 1 is 0.433 bits per heavy atom. The van der Waals surface area contributed by atoms with Crippen molar-refractivity contribution in [1.29, 1.82) is 0 Å². The van der Waals surface area contributed by atoms with Gasteiger partial charge in [0.05, 0.1) is 0 Å². The van der Waals surface area contributed by atoms with E-state index in [1.807, 2.05) is 38.1 Å². The summed E-state index contributed by atoms with van der Waals surface area (Å²) in [5.74, 6) is -1.62. The maximum atomic E-state index is 12.6. The summed E-state index contributed by atoms with van der Waals surface area (Å²) >= 11 is 0. The molecular weight excluding hydrogens is 1080 g/mol. The molecule has 0 spiro atoms. The number of fused-ring (bicyclic) bond motifs is 4. The van der Waals surface area contributed by atoms with E-state index in [-0.39, 0.29) is 132 Å². The van der Waals surface area contributed by atoms with Crippen LogP contribution in [0.25, 0.3) is 0 Å². The Morgan fingerprint density at radius 2 is 0.617 bits per heavy atom. The normalized spacial score (nSPS) is 13.0. The molecule has 0 aromatic heterocycles. The zero-order chi connectivity index (χ0) is 44.8. The van der Waals surface area contributed by atoms with Gasteiger partial charge >= 0.3 is 74.6 Å². The van der Waals surface area contributed by atoms with Crippen molar-refractivity contribution in [2.45, 2.75) is 82.1 Å². The van der Waals surface area contributed by atoms with Crippen LogP contribution >= 0.6 is 0 Å². The van der Waals surface area contributed by atoms with Gasteiger partial charge < -0.3 is 30.6 Å². The summed E-state index contributed by atoms with van der Waals surface area (Å²) in [7, 11) is 0. The van der Waals surface area contributed by atoms with E-state index in [1.165, 1.54) is 55.4 Å². The fraction of sp³-hybridized carbons (Fsp3) is 0.364. The predicted molar refractivity (Wildman–Crippen MR) is 218 cm³/mol. The third-order valence-electron chi connectivity index (χ3n) is 6.28. The Labute approximate surface area is 413 Å². The van der Waals surface area contributed by atoms with E-state index in [0.717, 1.165) is 48.3 Å². The molecule has 3 rings (SSSR count). The number of aryl methyl sites for hydroxylation is 2. The molecule has 16 heteroatoms. The molecule has 0 N–H and O–H groups in total. The fourth-order valence-electron chi connectivity index (χ4n) is 4.35. The van der Waals surface area contributed by atoms with Gasteiger partial charge in [-0.3, -0.25) is 39.1 Å². The Bertz CT molecular complexity index is 1650. The van der Waals surface area contributed by atoms with Crippen LogP contribution in [0, 0.1) is 88.5 Å². The van der Waals surface area contributed by atoms with Crippen molar-refractivity contribution in [2.75, 3.05) is 26.2 Å². The third-order valence-corrected chi connectivity index (χ3v) is 6.28. The maximum Gasteiger partial charge on any atom is 3.00 e. The van der Waals surface area contributed by atoms with Crippen LogP contribution in [0.3, 0.4) is 0 Å². The molecule has 60 heavy (non-hydrogen) atoms. The van der Waals surface area contributed by atoms with Crippen LogP contribution in [-0.2, 0) is 19.2 Å². The van der Waals surface area contributed by atoms with Gasteiger partial charge in [0.1, 0.15) is 0 Å². The third kappa shape index (κ3) is 37.1. The second kappa shape index (κ2) is 36.9. The average Bonchev–Trinajstić information content (AvgIpc) is 3.05. The molecule has 0 aliphatic carbocycles. The van der Waals surface area contributed by atoms with Crippen LogP contribution in [0.4, 0.5) is 0 Å². The van der Waals surface area contributed by atoms with E-state index < -0.39 is 0 Å². The standard InChI is InChI=1S/C24H28N4O2.4C5H8O2.2Er/c1-17-9-19-13-25-5-3-7-27-15-21-11-18(2)12-22(24(21)30)16-28-8-4-6-26-14-20(10-17)23(19)29;4*1-4(6)3-5(2)7;;/h9-16,29-30H,3-8H2,1-2H3;4*3,6H,1-2H3;;/q;;;;;2*+3/p-6/b;4*4-3-;;. The van der Waals surface area contributed by atoms with Crippen molar-refractivity contribution in [3.63, 3.8) is 0 Å². The summed E-state index contributed by atoms with van der Waals surface area (Å²) < 4.78 is 0. The number of nitrogens with zero attached hydrogens (tertiary/aromatic N) is 4. The van der Waals surface area contributed by atoms with E-state index in [0.29, 0.717) is 48.4 Å². The molecule has 1 aliphatic rings. The Hall–Kier alpha value is -3.95. The van der Waals surface area contributed by atoms with Gasteiger partial charge in [-0.05, 0) is 112 Å². The molecule has 1 heterocycles. The van der Waals surface area contributed by atoms with Crippen LogP contribution in [0.15, 0.2) is 91.6 Å². The van der Waals surface area contributed by atoms with E-state index in [9.17, 15) is 49.8 Å². The molecule has 1 aliphatic heterocycles. The molecule has 0 amide bonds. The summed E-state index contributed by atoms with van der Waals surface area (Å²) in [5, 5.41) is 65.1. The van der Waals surface area contributed by atoms with Crippen molar-refractivity contribution in [1.82, 2.24) is 0 Å². The molecule has 2 aromatic carbocycles. The average molecular weight is 1130 g/mol. The number of rotatable bonds is 4. The smallest absolute Gasteiger partial charge is 0.876 e. The summed E-state index contributed by atoms with van der Waals surface area (Å²) in [6.45, 7) is 16.9. The number of carbonyl (C=O) groups excluding carboxylic acids is 4. The molecule has 0 atom stereocenters. The molecule has 0 saturated carbocycles. The first-order chi connectivity index (χ1) is 27.0. The van der Waals surface area contributed by atoms with Gasteiger partial charge in [-0.2, -0.15) is 0 Å². The molecule has 2 radical (unpaired) electrons. The second-order valence-corrected chi connectivity index (χ2v) is 12.9. The summed E-state index contributed by atoms with van der Waals surface area (Å²) in [4.78, 5) is 57.4. The number of benzene rings is 2. The molecule has 334 valence electrons. The SMILES string of the molecule is CC(=O)/C=C(/C)[O-].CC(=O)/C=C(/C)[O-].CC(=O)/C=C(/C)[O-].CC(=O)/C=C(/C)[O-].Cc1cc2c([O-])c(c1)C=NCCCN=Cc1cc(C)cc(c1[O-])C=NCCCN=C2.[Er+3].[Er+3]. The Morgan fingerprint density at radius 3 is 0.750 bits per heavy atom. The fourth-order valence-corrected chi connectivity index (χ4v) is 4.35. The van der Waals surface area contributed by atoms with Gasteiger partial charge in [0.15, 0.2) is 23.1 Å². The first-order valence-electron chi connectivity index (χ1n) is 18.1. The number of allylic oxidation sites excluding steroid dienone is 8.